The molecular formula is C16H31N3O. The molecule has 1 amide bonds. The molecule has 0 radical (unpaired) electrons. The normalized spacial score (nSPS) is 21.9. The zero-order valence-corrected chi connectivity index (χ0v) is 13.2. The first-order chi connectivity index (χ1) is 9.65. The number of carbonyl (C=O) groups is 1. The van der Waals surface area contributed by atoms with Crippen molar-refractivity contribution in [1.82, 2.24) is 15.1 Å². The molecule has 0 spiro atoms. The molecule has 0 aromatic rings. The second kappa shape index (κ2) is 7.99. The van der Waals surface area contributed by atoms with Crippen LogP contribution in [0.3, 0.4) is 0 Å². The van der Waals surface area contributed by atoms with Crippen LogP contribution < -0.4 is 5.32 Å². The molecule has 0 aromatic heterocycles. The van der Waals surface area contributed by atoms with Crippen LogP contribution in [0.4, 0.5) is 0 Å². The average Bonchev–Trinajstić information content (AvgIpc) is 2.94. The van der Waals surface area contributed by atoms with Crippen LogP contribution in [0.15, 0.2) is 0 Å². The molecule has 2 aliphatic heterocycles. The Kier molecular flexibility index (Phi) is 6.30. The summed E-state index contributed by atoms with van der Waals surface area (Å²) in [5, 5.41) is 3.56. The number of nitrogens with one attached hydrogen (secondary N) is 1. The molecule has 116 valence electrons. The average molecular weight is 281 g/mol. The second-order valence-electron chi connectivity index (χ2n) is 6.86. The fourth-order valence-electron chi connectivity index (χ4n) is 3.18. The van der Waals surface area contributed by atoms with E-state index in [4.69, 9.17) is 0 Å². The lowest BCUT2D eigenvalue weighted by molar-refractivity contribution is -0.131. The van der Waals surface area contributed by atoms with Crippen molar-refractivity contribution >= 4 is 5.91 Å². The standard InChI is InChI=1S/C16H31N3O/c1-14(2)11-17-12-15-5-9-18(10-6-15)13-16(20)19-7-3-4-8-19/h14-15,17H,3-13H2,1-2H3. The Hall–Kier alpha value is -0.610. The maximum absolute atomic E-state index is 12.1. The predicted octanol–water partition coefficient (Wildman–Crippen LogP) is 1.57. The molecule has 2 heterocycles. The molecule has 0 saturated carbocycles. The molecule has 0 unspecified atom stereocenters. The van der Waals surface area contributed by atoms with Crippen LogP contribution >= 0.6 is 0 Å². The fraction of sp³-hybridized carbons (Fsp3) is 0.938. The van der Waals surface area contributed by atoms with Gasteiger partial charge in [0.25, 0.3) is 0 Å². The largest absolute Gasteiger partial charge is 0.342 e. The van der Waals surface area contributed by atoms with Crippen LogP contribution in [0, 0.1) is 11.8 Å². The van der Waals surface area contributed by atoms with E-state index in [2.05, 4.69) is 24.1 Å². The first-order valence-corrected chi connectivity index (χ1v) is 8.36. The number of likely N-dealkylation sites (tertiary alicyclic amines) is 2. The summed E-state index contributed by atoms with van der Waals surface area (Å²) in [7, 11) is 0. The van der Waals surface area contributed by atoms with Crippen molar-refractivity contribution in [3.05, 3.63) is 0 Å². The van der Waals surface area contributed by atoms with Gasteiger partial charge < -0.3 is 10.2 Å². The van der Waals surface area contributed by atoms with Crippen molar-refractivity contribution in [3.8, 4) is 0 Å². The van der Waals surface area contributed by atoms with E-state index in [1.54, 1.807) is 0 Å². The second-order valence-corrected chi connectivity index (χ2v) is 6.86. The number of piperidine rings is 1. The summed E-state index contributed by atoms with van der Waals surface area (Å²) in [6.45, 7) is 11.6. The van der Waals surface area contributed by atoms with E-state index < -0.39 is 0 Å². The Morgan fingerprint density at radius 1 is 1.15 bits per heavy atom. The van der Waals surface area contributed by atoms with Gasteiger partial charge in [-0.15, -0.1) is 0 Å². The Bertz CT molecular complexity index is 292. The van der Waals surface area contributed by atoms with Crippen LogP contribution in [-0.2, 0) is 4.79 Å². The van der Waals surface area contributed by atoms with Crippen molar-refractivity contribution < 1.29 is 4.79 Å². The molecule has 0 aliphatic carbocycles. The van der Waals surface area contributed by atoms with Gasteiger partial charge in [-0.1, -0.05) is 13.8 Å². The highest BCUT2D eigenvalue weighted by Gasteiger charge is 2.24. The minimum absolute atomic E-state index is 0.346. The number of nitrogens with zero attached hydrogens (tertiary/aromatic N) is 2. The summed E-state index contributed by atoms with van der Waals surface area (Å²) >= 11 is 0. The van der Waals surface area contributed by atoms with E-state index in [0.29, 0.717) is 12.5 Å². The number of hydrogen-bond acceptors (Lipinski definition) is 3. The first-order valence-electron chi connectivity index (χ1n) is 8.36. The van der Waals surface area contributed by atoms with E-state index >= 15 is 0 Å². The molecule has 0 atom stereocenters. The van der Waals surface area contributed by atoms with Crippen LogP contribution in [0.2, 0.25) is 0 Å². The SMILES string of the molecule is CC(C)CNCC1CCN(CC(=O)N2CCCC2)CC1. The molecule has 4 nitrogen and oxygen atoms in total. The lowest BCUT2D eigenvalue weighted by atomic mass is 9.96. The van der Waals surface area contributed by atoms with E-state index in [0.717, 1.165) is 51.1 Å². The van der Waals surface area contributed by atoms with Gasteiger partial charge in [0, 0.05) is 13.1 Å². The van der Waals surface area contributed by atoms with Gasteiger partial charge in [0.15, 0.2) is 0 Å². The Morgan fingerprint density at radius 3 is 2.40 bits per heavy atom. The van der Waals surface area contributed by atoms with Crippen molar-refractivity contribution in [3.63, 3.8) is 0 Å². The number of carbonyl (C=O) groups excluding carboxylic acids is 1. The molecular weight excluding hydrogens is 250 g/mol. The number of hydrogen-bond donors (Lipinski definition) is 1. The van der Waals surface area contributed by atoms with Crippen molar-refractivity contribution in [2.75, 3.05) is 45.8 Å². The highest BCUT2D eigenvalue weighted by atomic mass is 16.2. The third-order valence-corrected chi connectivity index (χ3v) is 4.51. The van der Waals surface area contributed by atoms with E-state index in [1.165, 1.54) is 25.7 Å². The van der Waals surface area contributed by atoms with Gasteiger partial charge in [0.1, 0.15) is 0 Å². The molecule has 0 aromatic carbocycles. The first kappa shape index (κ1) is 15.8. The number of amides is 1. The summed E-state index contributed by atoms with van der Waals surface area (Å²) in [5.74, 6) is 1.87. The summed E-state index contributed by atoms with van der Waals surface area (Å²) in [6.07, 6.45) is 4.85. The van der Waals surface area contributed by atoms with E-state index in [-0.39, 0.29) is 0 Å². The van der Waals surface area contributed by atoms with Crippen LogP contribution in [0.25, 0.3) is 0 Å². The molecule has 2 fully saturated rings. The Morgan fingerprint density at radius 2 is 1.80 bits per heavy atom. The predicted molar refractivity (Wildman–Crippen MR) is 82.7 cm³/mol. The molecule has 4 heteroatoms. The van der Waals surface area contributed by atoms with E-state index in [1.807, 2.05) is 4.90 Å². The monoisotopic (exact) mass is 281 g/mol. The summed E-state index contributed by atoms with van der Waals surface area (Å²) in [6, 6.07) is 0. The molecule has 2 saturated heterocycles. The van der Waals surface area contributed by atoms with Gasteiger partial charge in [-0.05, 0) is 63.7 Å². The van der Waals surface area contributed by atoms with Gasteiger partial charge in [-0.3, -0.25) is 9.69 Å². The van der Waals surface area contributed by atoms with Gasteiger partial charge in [-0.25, -0.2) is 0 Å². The zero-order chi connectivity index (χ0) is 14.4. The molecule has 1 N–H and O–H groups in total. The van der Waals surface area contributed by atoms with Crippen LogP contribution in [0.5, 0.6) is 0 Å². The molecule has 20 heavy (non-hydrogen) atoms. The van der Waals surface area contributed by atoms with Gasteiger partial charge in [0.05, 0.1) is 6.54 Å². The maximum atomic E-state index is 12.1. The van der Waals surface area contributed by atoms with Crippen LogP contribution in [-0.4, -0.2) is 61.5 Å². The smallest absolute Gasteiger partial charge is 0.236 e. The Labute approximate surface area is 123 Å². The lowest BCUT2D eigenvalue weighted by Gasteiger charge is -2.32. The summed E-state index contributed by atoms with van der Waals surface area (Å²) < 4.78 is 0. The minimum atomic E-state index is 0.346. The number of rotatable bonds is 6. The quantitative estimate of drug-likeness (QED) is 0.803. The summed E-state index contributed by atoms with van der Waals surface area (Å²) in [5.41, 5.74) is 0. The fourth-order valence-corrected chi connectivity index (χ4v) is 3.18. The topological polar surface area (TPSA) is 35.6 Å². The lowest BCUT2D eigenvalue weighted by Crippen LogP contribution is -2.43. The van der Waals surface area contributed by atoms with E-state index in [9.17, 15) is 4.79 Å². The van der Waals surface area contributed by atoms with Crippen molar-refractivity contribution in [2.45, 2.75) is 39.5 Å². The van der Waals surface area contributed by atoms with Crippen molar-refractivity contribution in [2.24, 2.45) is 11.8 Å². The van der Waals surface area contributed by atoms with Gasteiger partial charge in [-0.2, -0.15) is 0 Å². The third kappa shape index (κ3) is 5.06. The highest BCUT2D eigenvalue weighted by molar-refractivity contribution is 5.78. The molecule has 2 aliphatic rings. The summed E-state index contributed by atoms with van der Waals surface area (Å²) in [4.78, 5) is 16.5. The minimum Gasteiger partial charge on any atom is -0.342 e. The maximum Gasteiger partial charge on any atom is 0.236 e. The van der Waals surface area contributed by atoms with Gasteiger partial charge in [0.2, 0.25) is 5.91 Å². The van der Waals surface area contributed by atoms with Crippen LogP contribution in [0.1, 0.15) is 39.5 Å². The Balaban J connectivity index is 1.60. The zero-order valence-electron chi connectivity index (χ0n) is 13.2. The van der Waals surface area contributed by atoms with Crippen molar-refractivity contribution in [1.29, 1.82) is 0 Å². The molecule has 2 rings (SSSR count). The van der Waals surface area contributed by atoms with Gasteiger partial charge >= 0.3 is 0 Å². The molecule has 0 bridgehead atoms. The third-order valence-electron chi connectivity index (χ3n) is 4.51. The highest BCUT2D eigenvalue weighted by Crippen LogP contribution is 2.17.